The van der Waals surface area contributed by atoms with Crippen LogP contribution in [0.4, 0.5) is 10.6 Å². The van der Waals surface area contributed by atoms with Gasteiger partial charge >= 0.3 is 6.03 Å². The molecule has 0 radical (unpaired) electrons. The summed E-state index contributed by atoms with van der Waals surface area (Å²) in [5.41, 5.74) is 1.15. The number of anilines is 1. The van der Waals surface area contributed by atoms with Gasteiger partial charge in [-0.25, -0.2) is 9.48 Å². The van der Waals surface area contributed by atoms with Crippen LogP contribution in [0.1, 0.15) is 25.3 Å². The monoisotopic (exact) mass is 340 g/mol. The lowest BCUT2D eigenvalue weighted by Crippen LogP contribution is -2.57. The number of fused-ring (bicyclic) bond motifs is 1. The summed E-state index contributed by atoms with van der Waals surface area (Å²) >= 11 is 0. The molecule has 3 heterocycles. The van der Waals surface area contributed by atoms with E-state index in [1.165, 1.54) is 12.8 Å². The molecule has 0 aliphatic carbocycles. The van der Waals surface area contributed by atoms with Crippen molar-refractivity contribution < 1.29 is 4.79 Å². The largest absolute Gasteiger partial charge is 0.323 e. The van der Waals surface area contributed by atoms with E-state index in [-0.39, 0.29) is 12.1 Å². The molecular formula is C18H24N6O. The van der Waals surface area contributed by atoms with Gasteiger partial charge in [-0.05, 0) is 31.9 Å². The van der Waals surface area contributed by atoms with Gasteiger partial charge in [-0.2, -0.15) is 0 Å². The highest BCUT2D eigenvalue weighted by Crippen LogP contribution is 2.24. The van der Waals surface area contributed by atoms with Crippen LogP contribution in [0.25, 0.3) is 0 Å². The molecular weight excluding hydrogens is 316 g/mol. The number of nitrogens with one attached hydrogen (secondary N) is 1. The number of piperazine rings is 1. The van der Waals surface area contributed by atoms with Crippen molar-refractivity contribution in [2.45, 2.75) is 38.4 Å². The number of rotatable bonds is 3. The maximum atomic E-state index is 12.7. The third-order valence-electron chi connectivity index (χ3n) is 5.16. The first kappa shape index (κ1) is 16.1. The van der Waals surface area contributed by atoms with E-state index in [0.717, 1.165) is 25.2 Å². The number of amides is 2. The van der Waals surface area contributed by atoms with Crippen LogP contribution < -0.4 is 5.32 Å². The van der Waals surface area contributed by atoms with Crippen LogP contribution in [0.15, 0.2) is 36.5 Å². The van der Waals surface area contributed by atoms with Crippen LogP contribution >= 0.6 is 0 Å². The molecule has 1 aromatic heterocycles. The highest BCUT2D eigenvalue weighted by Gasteiger charge is 2.36. The Balaban J connectivity index is 1.38. The lowest BCUT2D eigenvalue weighted by Gasteiger charge is -2.42. The molecule has 132 valence electrons. The lowest BCUT2D eigenvalue weighted by molar-refractivity contribution is 0.0861. The van der Waals surface area contributed by atoms with Crippen molar-refractivity contribution >= 4 is 11.8 Å². The highest BCUT2D eigenvalue weighted by molar-refractivity contribution is 5.88. The maximum Gasteiger partial charge on any atom is 0.323 e. The number of hydrogen-bond acceptors (Lipinski definition) is 4. The molecule has 2 amide bonds. The average molecular weight is 340 g/mol. The molecule has 2 fully saturated rings. The fourth-order valence-electron chi connectivity index (χ4n) is 3.86. The lowest BCUT2D eigenvalue weighted by atomic mass is 10.1. The van der Waals surface area contributed by atoms with E-state index in [0.29, 0.717) is 18.4 Å². The Morgan fingerprint density at radius 2 is 2.12 bits per heavy atom. The van der Waals surface area contributed by atoms with Gasteiger partial charge < -0.3 is 4.90 Å². The molecule has 4 rings (SSSR count). The first-order valence-corrected chi connectivity index (χ1v) is 8.95. The zero-order valence-corrected chi connectivity index (χ0v) is 14.5. The van der Waals surface area contributed by atoms with Crippen molar-refractivity contribution in [3.8, 4) is 0 Å². The first-order valence-electron chi connectivity index (χ1n) is 8.95. The number of urea groups is 1. The molecule has 2 aliphatic heterocycles. The number of carbonyl (C=O) groups excluding carboxylic acids is 1. The molecule has 2 aliphatic rings. The molecule has 1 aromatic carbocycles. The van der Waals surface area contributed by atoms with Crippen LogP contribution in [0.3, 0.4) is 0 Å². The van der Waals surface area contributed by atoms with Crippen molar-refractivity contribution in [2.24, 2.45) is 0 Å². The Labute approximate surface area is 147 Å². The summed E-state index contributed by atoms with van der Waals surface area (Å²) in [6, 6.07) is 10.7. The van der Waals surface area contributed by atoms with Crippen LogP contribution in [0.2, 0.25) is 0 Å². The van der Waals surface area contributed by atoms with Gasteiger partial charge in [0.25, 0.3) is 0 Å². The molecule has 2 saturated heterocycles. The molecule has 7 nitrogen and oxygen atoms in total. The minimum absolute atomic E-state index is 0.0780. The van der Waals surface area contributed by atoms with Gasteiger partial charge in [0, 0.05) is 25.2 Å². The van der Waals surface area contributed by atoms with Crippen molar-refractivity contribution in [1.82, 2.24) is 24.8 Å². The number of hydrogen-bond donors (Lipinski definition) is 1. The first-order chi connectivity index (χ1) is 12.2. The molecule has 1 N–H and O–H groups in total. The molecule has 7 heteroatoms. The average Bonchev–Trinajstić information content (AvgIpc) is 3.24. The molecule has 25 heavy (non-hydrogen) atoms. The molecule has 0 bridgehead atoms. The van der Waals surface area contributed by atoms with Gasteiger partial charge in [0.15, 0.2) is 5.82 Å². The van der Waals surface area contributed by atoms with Gasteiger partial charge in [-0.3, -0.25) is 10.2 Å². The second-order valence-corrected chi connectivity index (χ2v) is 7.01. The van der Waals surface area contributed by atoms with E-state index in [1.807, 2.05) is 35.2 Å². The molecule has 0 spiro atoms. The molecule has 0 unspecified atom stereocenters. The van der Waals surface area contributed by atoms with Crippen molar-refractivity contribution in [3.63, 3.8) is 0 Å². The van der Waals surface area contributed by atoms with E-state index in [4.69, 9.17) is 0 Å². The zero-order valence-electron chi connectivity index (χ0n) is 14.5. The van der Waals surface area contributed by atoms with Crippen LogP contribution in [-0.2, 0) is 6.54 Å². The van der Waals surface area contributed by atoms with E-state index < -0.39 is 0 Å². The SMILES string of the molecule is C[C@@H]1CN2CCC[C@H]2CN1C(=O)Nc1cn(Cc2ccccc2)nn1. The van der Waals surface area contributed by atoms with Crippen molar-refractivity contribution in [3.05, 3.63) is 42.1 Å². The Morgan fingerprint density at radius 3 is 2.96 bits per heavy atom. The maximum absolute atomic E-state index is 12.7. The quantitative estimate of drug-likeness (QED) is 0.928. The van der Waals surface area contributed by atoms with Crippen LogP contribution in [0.5, 0.6) is 0 Å². The predicted molar refractivity (Wildman–Crippen MR) is 95.3 cm³/mol. The van der Waals surface area contributed by atoms with Crippen LogP contribution in [-0.4, -0.2) is 62.5 Å². The Hall–Kier alpha value is -2.41. The summed E-state index contributed by atoms with van der Waals surface area (Å²) in [6.07, 6.45) is 4.20. The Kier molecular flexibility index (Phi) is 4.40. The summed E-state index contributed by atoms with van der Waals surface area (Å²) in [5, 5.41) is 11.1. The summed E-state index contributed by atoms with van der Waals surface area (Å²) in [4.78, 5) is 17.1. The molecule has 0 saturated carbocycles. The molecule has 2 aromatic rings. The third-order valence-corrected chi connectivity index (χ3v) is 5.16. The fourth-order valence-corrected chi connectivity index (χ4v) is 3.86. The van der Waals surface area contributed by atoms with Crippen molar-refractivity contribution in [1.29, 1.82) is 0 Å². The van der Waals surface area contributed by atoms with E-state index in [9.17, 15) is 4.79 Å². The minimum Gasteiger partial charge on any atom is -0.319 e. The summed E-state index contributed by atoms with van der Waals surface area (Å²) in [5.74, 6) is 0.502. The van der Waals surface area contributed by atoms with Gasteiger partial charge in [-0.1, -0.05) is 35.5 Å². The second-order valence-electron chi connectivity index (χ2n) is 7.01. The summed E-state index contributed by atoms with van der Waals surface area (Å²) in [6.45, 7) is 5.67. The molecule has 2 atom stereocenters. The van der Waals surface area contributed by atoms with Gasteiger partial charge in [0.1, 0.15) is 0 Å². The summed E-state index contributed by atoms with van der Waals surface area (Å²) in [7, 11) is 0. The smallest absolute Gasteiger partial charge is 0.319 e. The van der Waals surface area contributed by atoms with E-state index in [2.05, 4.69) is 27.5 Å². The van der Waals surface area contributed by atoms with Gasteiger partial charge in [0.05, 0.1) is 12.7 Å². The van der Waals surface area contributed by atoms with Gasteiger partial charge in [-0.15, -0.1) is 5.10 Å². The van der Waals surface area contributed by atoms with E-state index in [1.54, 1.807) is 10.9 Å². The van der Waals surface area contributed by atoms with Gasteiger partial charge in [0.2, 0.25) is 0 Å². The Morgan fingerprint density at radius 1 is 1.28 bits per heavy atom. The summed E-state index contributed by atoms with van der Waals surface area (Å²) < 4.78 is 1.74. The van der Waals surface area contributed by atoms with Crippen LogP contribution in [0, 0.1) is 0 Å². The zero-order chi connectivity index (χ0) is 17.2. The van der Waals surface area contributed by atoms with Crippen molar-refractivity contribution in [2.75, 3.05) is 25.0 Å². The minimum atomic E-state index is -0.0780. The highest BCUT2D eigenvalue weighted by atomic mass is 16.2. The third kappa shape index (κ3) is 3.51. The number of benzene rings is 1. The topological polar surface area (TPSA) is 66.3 Å². The Bertz CT molecular complexity index is 730. The number of carbonyl (C=O) groups is 1. The normalized spacial score (nSPS) is 23.5. The number of aromatic nitrogens is 3. The predicted octanol–water partition coefficient (Wildman–Crippen LogP) is 2.03. The second kappa shape index (κ2) is 6.84. The van der Waals surface area contributed by atoms with E-state index >= 15 is 0 Å². The fraction of sp³-hybridized carbons (Fsp3) is 0.500. The number of nitrogens with zero attached hydrogens (tertiary/aromatic N) is 5. The standard InChI is InChI=1S/C18H24N6O/c1-14-10-22-9-5-8-16(22)12-24(14)18(25)19-17-13-23(21-20-17)11-15-6-3-2-4-7-15/h2-4,6-7,13-14,16H,5,8-12H2,1H3,(H,19,25)/t14-,16+/m1/s1.